The highest BCUT2D eigenvalue weighted by molar-refractivity contribution is 6.07. The van der Waals surface area contributed by atoms with Gasteiger partial charge >= 0.3 is 6.18 Å². The second kappa shape index (κ2) is 9.69. The van der Waals surface area contributed by atoms with Gasteiger partial charge in [0.1, 0.15) is 17.3 Å². The van der Waals surface area contributed by atoms with E-state index in [9.17, 15) is 31.5 Å². The highest BCUT2D eigenvalue weighted by atomic mass is 19.4. The molecule has 188 valence electrons. The Balaban J connectivity index is 1.72. The van der Waals surface area contributed by atoms with E-state index in [1.165, 1.54) is 30.3 Å². The van der Waals surface area contributed by atoms with Gasteiger partial charge < -0.3 is 15.2 Å². The fraction of sp³-hybridized carbons (Fsp3) is 0.231. The average Bonchev–Trinajstić information content (AvgIpc) is 3.65. The third-order valence-corrected chi connectivity index (χ3v) is 5.72. The summed E-state index contributed by atoms with van der Waals surface area (Å²) < 4.78 is 73.7. The number of aryl methyl sites for hydroxylation is 1. The van der Waals surface area contributed by atoms with Gasteiger partial charge in [0.25, 0.3) is 12.3 Å². The Hall–Kier alpha value is -3.79. The minimum absolute atomic E-state index is 0.0152. The van der Waals surface area contributed by atoms with Crippen molar-refractivity contribution < 1.29 is 41.4 Å². The van der Waals surface area contributed by atoms with Crippen LogP contribution in [0.1, 0.15) is 56.2 Å². The van der Waals surface area contributed by atoms with E-state index in [0.717, 1.165) is 24.3 Å². The van der Waals surface area contributed by atoms with Gasteiger partial charge in [0, 0.05) is 11.3 Å². The van der Waals surface area contributed by atoms with Crippen molar-refractivity contribution in [3.63, 3.8) is 0 Å². The Morgan fingerprint density at radius 3 is 2.25 bits per heavy atom. The molecule has 1 fully saturated rings. The van der Waals surface area contributed by atoms with E-state index in [-0.39, 0.29) is 34.2 Å². The third-order valence-electron chi connectivity index (χ3n) is 5.72. The predicted octanol–water partition coefficient (Wildman–Crippen LogP) is 6.55. The number of hydrogen-bond donors (Lipinski definition) is 2. The van der Waals surface area contributed by atoms with Crippen LogP contribution < -0.4 is 10.1 Å². The van der Waals surface area contributed by atoms with Crippen LogP contribution in [0.2, 0.25) is 0 Å². The van der Waals surface area contributed by atoms with Crippen LogP contribution in [0.25, 0.3) is 0 Å². The first-order chi connectivity index (χ1) is 16.9. The van der Waals surface area contributed by atoms with Crippen molar-refractivity contribution >= 4 is 17.4 Å². The number of carbonyl (C=O) groups is 2. The number of amides is 1. The van der Waals surface area contributed by atoms with Crippen molar-refractivity contribution in [2.75, 3.05) is 5.32 Å². The van der Waals surface area contributed by atoms with E-state index >= 15 is 0 Å². The number of benzene rings is 3. The van der Waals surface area contributed by atoms with Crippen LogP contribution in [-0.2, 0) is 6.18 Å². The molecule has 10 heteroatoms. The summed E-state index contributed by atoms with van der Waals surface area (Å²) in [4.78, 5) is 24.6. The van der Waals surface area contributed by atoms with Crippen LogP contribution in [0.5, 0.6) is 11.5 Å². The Kier molecular flexibility index (Phi) is 6.81. The molecule has 1 atom stereocenters. The smallest absolute Gasteiger partial charge is 0.416 e. The normalized spacial score (nSPS) is 14.3. The zero-order valence-electron chi connectivity index (χ0n) is 18.8. The molecule has 0 aliphatic heterocycles. The van der Waals surface area contributed by atoms with E-state index in [4.69, 9.17) is 9.84 Å². The summed E-state index contributed by atoms with van der Waals surface area (Å²) in [6.07, 6.45) is -6.28. The summed E-state index contributed by atoms with van der Waals surface area (Å²) in [5, 5.41) is 11.2. The second-order valence-corrected chi connectivity index (χ2v) is 8.45. The molecular weight excluding hydrogens is 485 g/mol. The molecule has 4 rings (SSSR count). The van der Waals surface area contributed by atoms with Crippen molar-refractivity contribution in [1.82, 2.24) is 0 Å². The van der Waals surface area contributed by atoms with Crippen molar-refractivity contribution in [2.45, 2.75) is 38.2 Å². The second-order valence-electron chi connectivity index (χ2n) is 8.45. The van der Waals surface area contributed by atoms with Gasteiger partial charge in [-0.25, -0.2) is 8.78 Å². The molecule has 0 heterocycles. The number of rotatable bonds is 7. The largest absolute Gasteiger partial charge is 0.456 e. The van der Waals surface area contributed by atoms with Crippen LogP contribution >= 0.6 is 0 Å². The SMILES string of the molecule is Cc1cc(F)ccc1Oc1cc(C2CC2)c(C(F)(F)F)cc1C(=O)Nc1ccc(C(=O)C(O)F)cc1. The molecule has 3 aromatic rings. The lowest BCUT2D eigenvalue weighted by molar-refractivity contribution is -0.138. The minimum Gasteiger partial charge on any atom is -0.456 e. The molecule has 1 saturated carbocycles. The molecule has 1 aliphatic carbocycles. The van der Waals surface area contributed by atoms with Gasteiger partial charge in [0.05, 0.1) is 11.1 Å². The number of halogens is 5. The van der Waals surface area contributed by atoms with Crippen molar-refractivity contribution in [1.29, 1.82) is 0 Å². The molecule has 0 radical (unpaired) electrons. The first-order valence-electron chi connectivity index (χ1n) is 10.9. The molecule has 3 aromatic carbocycles. The van der Waals surface area contributed by atoms with Gasteiger partial charge in [-0.05, 0) is 91.4 Å². The Bertz CT molecular complexity index is 1320. The third kappa shape index (κ3) is 5.54. The van der Waals surface area contributed by atoms with Crippen LogP contribution in [-0.4, -0.2) is 23.2 Å². The van der Waals surface area contributed by atoms with Crippen molar-refractivity contribution in [3.05, 3.63) is 88.2 Å². The molecule has 0 bridgehead atoms. The Labute approximate surface area is 202 Å². The Morgan fingerprint density at radius 1 is 1.03 bits per heavy atom. The van der Waals surface area contributed by atoms with Gasteiger partial charge in [-0.15, -0.1) is 0 Å². The molecule has 2 N–H and O–H groups in total. The number of nitrogens with one attached hydrogen (secondary N) is 1. The average molecular weight is 505 g/mol. The van der Waals surface area contributed by atoms with E-state index in [2.05, 4.69) is 5.32 Å². The van der Waals surface area contributed by atoms with Gasteiger partial charge in [0.15, 0.2) is 0 Å². The van der Waals surface area contributed by atoms with Crippen LogP contribution in [0.3, 0.4) is 0 Å². The Morgan fingerprint density at radius 2 is 1.69 bits per heavy atom. The summed E-state index contributed by atoms with van der Waals surface area (Å²) in [5.74, 6) is -2.91. The lowest BCUT2D eigenvalue weighted by Gasteiger charge is -2.19. The maximum Gasteiger partial charge on any atom is 0.416 e. The van der Waals surface area contributed by atoms with E-state index in [1.807, 2.05) is 0 Å². The van der Waals surface area contributed by atoms with E-state index < -0.39 is 41.2 Å². The number of anilines is 1. The molecule has 0 spiro atoms. The quantitative estimate of drug-likeness (QED) is 0.282. The maximum atomic E-state index is 13.9. The zero-order valence-corrected chi connectivity index (χ0v) is 18.8. The predicted molar refractivity (Wildman–Crippen MR) is 120 cm³/mol. The molecule has 1 unspecified atom stereocenters. The number of hydrogen-bond acceptors (Lipinski definition) is 4. The number of alkyl halides is 4. The van der Waals surface area contributed by atoms with Crippen molar-refractivity contribution in [3.8, 4) is 11.5 Å². The zero-order chi connectivity index (χ0) is 26.2. The lowest BCUT2D eigenvalue weighted by atomic mass is 9.98. The van der Waals surface area contributed by atoms with Gasteiger partial charge in [-0.1, -0.05) is 0 Å². The first-order valence-corrected chi connectivity index (χ1v) is 10.9. The number of ketones is 1. The highest BCUT2D eigenvalue weighted by Crippen LogP contribution is 2.48. The van der Waals surface area contributed by atoms with E-state index in [0.29, 0.717) is 18.4 Å². The minimum atomic E-state index is -4.72. The van der Waals surface area contributed by atoms with Gasteiger partial charge in [0.2, 0.25) is 5.78 Å². The fourth-order valence-electron chi connectivity index (χ4n) is 3.73. The van der Waals surface area contributed by atoms with Gasteiger partial charge in [-0.3, -0.25) is 9.59 Å². The highest BCUT2D eigenvalue weighted by Gasteiger charge is 2.40. The molecule has 36 heavy (non-hydrogen) atoms. The maximum absolute atomic E-state index is 13.9. The lowest BCUT2D eigenvalue weighted by Crippen LogP contribution is -2.17. The van der Waals surface area contributed by atoms with Gasteiger partial charge in [-0.2, -0.15) is 13.2 Å². The first kappa shape index (κ1) is 25.3. The van der Waals surface area contributed by atoms with E-state index in [1.54, 1.807) is 6.92 Å². The summed E-state index contributed by atoms with van der Waals surface area (Å²) in [6.45, 7) is 1.56. The number of Topliss-reactive ketones (excluding diaryl/α,β-unsaturated/α-hetero) is 1. The molecule has 5 nitrogen and oxygen atoms in total. The molecule has 1 aliphatic rings. The van der Waals surface area contributed by atoms with Crippen LogP contribution in [0, 0.1) is 12.7 Å². The molecule has 0 aromatic heterocycles. The van der Waals surface area contributed by atoms with Crippen LogP contribution in [0.4, 0.5) is 27.6 Å². The molecule has 1 amide bonds. The number of aliphatic hydroxyl groups excluding tert-OH is 1. The number of carbonyl (C=O) groups excluding carboxylic acids is 2. The number of ether oxygens (including phenoxy) is 1. The molecule has 0 saturated heterocycles. The number of aliphatic hydroxyl groups is 1. The standard InChI is InChI=1S/C26H20F5NO4/c1-13-10-16(27)6-9-21(13)36-22-12-18(14-2-3-14)20(26(29,30)31)11-19(22)25(35)32-17-7-4-15(5-8-17)23(33)24(28)34/h4-12,14,24,34H,2-3H2,1H3,(H,32,35). The summed E-state index contributed by atoms with van der Waals surface area (Å²) in [6, 6.07) is 10.3. The van der Waals surface area contributed by atoms with Crippen LogP contribution in [0.15, 0.2) is 54.6 Å². The molecular formula is C26H20F5NO4. The topological polar surface area (TPSA) is 75.6 Å². The van der Waals surface area contributed by atoms with Crippen molar-refractivity contribution in [2.24, 2.45) is 0 Å². The summed E-state index contributed by atoms with van der Waals surface area (Å²) in [7, 11) is 0. The fourth-order valence-corrected chi connectivity index (χ4v) is 3.73. The summed E-state index contributed by atoms with van der Waals surface area (Å²) >= 11 is 0. The summed E-state index contributed by atoms with van der Waals surface area (Å²) in [5.41, 5.74) is -1.02. The monoisotopic (exact) mass is 505 g/mol.